The van der Waals surface area contributed by atoms with Crippen LogP contribution in [0.3, 0.4) is 0 Å². The first-order chi connectivity index (χ1) is 16.5. The summed E-state index contributed by atoms with van der Waals surface area (Å²) in [4.78, 5) is 38.7. The molecule has 1 aliphatic heterocycles. The number of hydrogen-bond acceptors (Lipinski definition) is 4. The van der Waals surface area contributed by atoms with Gasteiger partial charge >= 0.3 is 0 Å². The van der Waals surface area contributed by atoms with Gasteiger partial charge in [-0.1, -0.05) is 38.0 Å². The SMILES string of the molecule is [2H]c1c([2H])c([2H])c2c(c1[2H])C([2H])([2H])CN(C([2H])([2H])[2H])C(=O)[C@@]2([2H])NC(=O)[C@H](C)NC(=O)[C@@]([2H])(O)C(C)C. The highest BCUT2D eigenvalue weighted by molar-refractivity contribution is 5.93. The van der Waals surface area contributed by atoms with Crippen LogP contribution in [0, 0.1) is 5.92 Å². The molecule has 142 valence electrons. The van der Waals surface area contributed by atoms with Gasteiger partial charge in [0.2, 0.25) is 17.7 Å². The van der Waals surface area contributed by atoms with Crippen LogP contribution in [-0.2, 0) is 20.8 Å². The largest absolute Gasteiger partial charge is 0.383 e. The zero-order chi connectivity index (χ0) is 29.0. The predicted octanol–water partition coefficient (Wildman–Crippen LogP) is 0.380. The highest BCUT2D eigenvalue weighted by Crippen LogP contribution is 2.24. The van der Waals surface area contributed by atoms with Gasteiger partial charge in [0.25, 0.3) is 0 Å². The Kier molecular flexibility index (Phi) is 3.04. The first-order valence-corrected chi connectivity index (χ1v) is 7.80. The van der Waals surface area contributed by atoms with Crippen LogP contribution in [0.1, 0.15) is 53.0 Å². The zero-order valence-corrected chi connectivity index (χ0v) is 14.5. The predicted molar refractivity (Wildman–Crippen MR) is 97.1 cm³/mol. The number of carbonyl (C=O) groups is 3. The fourth-order valence-electron chi connectivity index (χ4n) is 2.05. The van der Waals surface area contributed by atoms with Crippen molar-refractivity contribution >= 4 is 17.7 Å². The zero-order valence-electron chi connectivity index (χ0n) is 25.5. The number of rotatable bonds is 5. The van der Waals surface area contributed by atoms with Gasteiger partial charge in [0.1, 0.15) is 18.1 Å². The van der Waals surface area contributed by atoms with Gasteiger partial charge in [0.15, 0.2) is 0 Å². The number of likely N-dealkylation sites (N-methyl/N-ethyl adjacent to an activating group) is 1. The van der Waals surface area contributed by atoms with Gasteiger partial charge in [-0.05, 0) is 30.3 Å². The minimum absolute atomic E-state index is 0.0169. The smallest absolute Gasteiger partial charge is 0.249 e. The molecule has 1 aromatic rings. The summed E-state index contributed by atoms with van der Waals surface area (Å²) in [5, 5.41) is 13.9. The van der Waals surface area contributed by atoms with Crippen LogP contribution < -0.4 is 10.6 Å². The first-order valence-electron chi connectivity index (χ1n) is 13.3. The number of nitrogens with zero attached hydrogens (tertiary/aromatic N) is 1. The van der Waals surface area contributed by atoms with Gasteiger partial charge in [-0.3, -0.25) is 14.4 Å². The molecule has 2 rings (SSSR count). The van der Waals surface area contributed by atoms with Crippen molar-refractivity contribution in [3.05, 3.63) is 35.3 Å². The molecule has 0 spiro atoms. The van der Waals surface area contributed by atoms with E-state index in [4.69, 9.17) is 15.1 Å². The van der Waals surface area contributed by atoms with Crippen molar-refractivity contribution in [1.82, 2.24) is 15.5 Å². The summed E-state index contributed by atoms with van der Waals surface area (Å²) in [5.41, 5.74) is -1.88. The Labute approximate surface area is 169 Å². The first kappa shape index (κ1) is 9.50. The summed E-state index contributed by atoms with van der Waals surface area (Å²) in [5.74, 6) is -5.21. The molecule has 1 aliphatic rings. The number of carbonyl (C=O) groups excluding carboxylic acids is 3. The molecule has 1 aromatic carbocycles. The molecule has 0 bridgehead atoms. The second-order valence-electron chi connectivity index (χ2n) is 5.92. The normalized spacial score (nSPS) is 32.0. The highest BCUT2D eigenvalue weighted by Gasteiger charge is 2.32. The van der Waals surface area contributed by atoms with Crippen molar-refractivity contribution in [3.63, 3.8) is 0 Å². The second kappa shape index (κ2) is 8.31. The number of amides is 3. The molecule has 3 amide bonds. The molecular formula is C19H27N3O4. The van der Waals surface area contributed by atoms with Crippen molar-refractivity contribution in [2.24, 2.45) is 5.92 Å². The third-order valence-corrected chi connectivity index (χ3v) is 3.58. The maximum atomic E-state index is 13.4. The lowest BCUT2D eigenvalue weighted by atomic mass is 9.99. The van der Waals surface area contributed by atoms with Gasteiger partial charge < -0.3 is 20.6 Å². The third kappa shape index (κ3) is 4.40. The fraction of sp³-hybridized carbons (Fsp3) is 0.526. The topological polar surface area (TPSA) is 98.7 Å². The van der Waals surface area contributed by atoms with Crippen LogP contribution in [0.2, 0.25) is 0 Å². The molecule has 0 radical (unpaired) electrons. The summed E-state index contributed by atoms with van der Waals surface area (Å²) in [7, 11) is 0. The number of hydrogen-bond donors (Lipinski definition) is 3. The van der Waals surface area contributed by atoms with Gasteiger partial charge in [-0.15, -0.1) is 0 Å². The fourth-order valence-corrected chi connectivity index (χ4v) is 2.05. The van der Waals surface area contributed by atoms with Crippen LogP contribution in [0.15, 0.2) is 24.2 Å². The summed E-state index contributed by atoms with van der Waals surface area (Å²) in [6, 6.07) is -8.77. The number of aliphatic hydroxyl groups is 1. The van der Waals surface area contributed by atoms with Gasteiger partial charge in [-0.25, -0.2) is 0 Å². The van der Waals surface area contributed by atoms with Gasteiger partial charge in [0, 0.05) is 20.4 Å². The quantitative estimate of drug-likeness (QED) is 0.696. The van der Waals surface area contributed by atoms with E-state index in [1.54, 1.807) is 0 Å². The Morgan fingerprint density at radius 1 is 1.42 bits per heavy atom. The van der Waals surface area contributed by atoms with E-state index in [2.05, 4.69) is 0 Å². The molecule has 26 heavy (non-hydrogen) atoms. The summed E-state index contributed by atoms with van der Waals surface area (Å²) >= 11 is 0. The molecule has 0 aliphatic carbocycles. The Balaban J connectivity index is 2.73. The summed E-state index contributed by atoms with van der Waals surface area (Å²) < 4.78 is 88.7. The van der Waals surface area contributed by atoms with Crippen molar-refractivity contribution in [2.45, 2.75) is 45.3 Å². The van der Waals surface area contributed by atoms with Crippen molar-refractivity contribution in [2.75, 3.05) is 13.5 Å². The van der Waals surface area contributed by atoms with E-state index in [1.165, 1.54) is 13.8 Å². The van der Waals surface area contributed by atoms with E-state index in [0.717, 1.165) is 6.92 Å². The van der Waals surface area contributed by atoms with Gasteiger partial charge in [-0.2, -0.15) is 0 Å². The minimum Gasteiger partial charge on any atom is -0.383 e. The van der Waals surface area contributed by atoms with Crippen LogP contribution in [0.25, 0.3) is 0 Å². The van der Waals surface area contributed by atoms with Crippen LogP contribution >= 0.6 is 0 Å². The monoisotopic (exact) mass is 372 g/mol. The van der Waals surface area contributed by atoms with Crippen molar-refractivity contribution < 1.29 is 34.6 Å². The van der Waals surface area contributed by atoms with Gasteiger partial charge in [0.05, 0.1) is 8.22 Å². The molecule has 7 nitrogen and oxygen atoms in total. The molecule has 0 saturated carbocycles. The summed E-state index contributed by atoms with van der Waals surface area (Å²) in [6.07, 6.45) is -5.53. The molecule has 7 heteroatoms. The van der Waals surface area contributed by atoms with E-state index >= 15 is 0 Å². The van der Waals surface area contributed by atoms with Crippen LogP contribution in [0.4, 0.5) is 0 Å². The van der Waals surface area contributed by atoms with E-state index in [-0.39, 0.29) is 4.90 Å². The van der Waals surface area contributed by atoms with Crippen molar-refractivity contribution in [1.29, 1.82) is 0 Å². The van der Waals surface area contributed by atoms with Crippen LogP contribution in [-0.4, -0.2) is 53.4 Å². The highest BCUT2D eigenvalue weighted by atomic mass is 16.3. The molecule has 0 saturated heterocycles. The molecule has 0 aromatic heterocycles. The lowest BCUT2D eigenvalue weighted by molar-refractivity contribution is -0.137. The standard InChI is InChI=1S/C19H27N3O4/c1-11(2)16(23)18(25)20-12(3)17(24)21-15-14-8-6-5-7-13(14)9-10-22(4)19(15)26/h5-8,11-12,15-16,23H,9-10H2,1-4H3,(H,20,25)(H,21,24)/t12-,15-,16-/m0/s1/i4D3,5D,6D,7D,8D,9D2,15D,16D. The molecule has 0 unspecified atom stereocenters. The van der Waals surface area contributed by atoms with Crippen LogP contribution in [0.5, 0.6) is 0 Å². The Hall–Kier alpha value is -2.41. The molecular weight excluding hydrogens is 334 g/mol. The number of nitrogens with one attached hydrogen (secondary N) is 2. The number of benzene rings is 1. The average molecular weight is 373 g/mol. The van der Waals surface area contributed by atoms with E-state index in [1.807, 2.05) is 10.6 Å². The Morgan fingerprint density at radius 3 is 2.77 bits per heavy atom. The molecule has 3 atom stereocenters. The minimum atomic E-state index is -3.33. The van der Waals surface area contributed by atoms with E-state index in [0.29, 0.717) is 0 Å². The maximum absolute atomic E-state index is 13.4. The Bertz CT molecular complexity index is 1140. The number of fused-ring (bicyclic) bond motifs is 1. The van der Waals surface area contributed by atoms with E-state index < -0.39 is 97.0 Å². The third-order valence-electron chi connectivity index (χ3n) is 3.58. The molecule has 1 heterocycles. The maximum Gasteiger partial charge on any atom is 0.249 e. The molecule has 3 N–H and O–H groups in total. The summed E-state index contributed by atoms with van der Waals surface area (Å²) in [6.45, 7) is -0.763. The second-order valence-corrected chi connectivity index (χ2v) is 5.92. The lowest BCUT2D eigenvalue weighted by Crippen LogP contribution is -2.51. The molecule has 0 fully saturated rings. The van der Waals surface area contributed by atoms with E-state index in [9.17, 15) is 19.5 Å². The lowest BCUT2D eigenvalue weighted by Gasteiger charge is -2.24. The average Bonchev–Trinajstić information content (AvgIpc) is 2.82. The Morgan fingerprint density at radius 2 is 2.12 bits per heavy atom. The van der Waals surface area contributed by atoms with Crippen molar-refractivity contribution in [3.8, 4) is 0 Å².